The summed E-state index contributed by atoms with van der Waals surface area (Å²) in [5, 5.41) is 14.2. The number of pyridine rings is 1. The Morgan fingerprint density at radius 1 is 1.18 bits per heavy atom. The summed E-state index contributed by atoms with van der Waals surface area (Å²) in [5.41, 5.74) is 1.48. The van der Waals surface area contributed by atoms with Crippen LogP contribution in [0.3, 0.4) is 0 Å². The summed E-state index contributed by atoms with van der Waals surface area (Å²) >= 11 is 7.36. The lowest BCUT2D eigenvalue weighted by Gasteiger charge is -2.10. The Labute approximate surface area is 206 Å². The molecule has 34 heavy (non-hydrogen) atoms. The van der Waals surface area contributed by atoms with E-state index in [4.69, 9.17) is 16.3 Å². The van der Waals surface area contributed by atoms with Gasteiger partial charge in [0, 0.05) is 29.2 Å². The molecule has 0 aliphatic rings. The standard InChI is InChI=1S/C26H25ClN2O4S/c1-2-29-14-22(25(32)28-13-17-8-10-19(27)11-9-17)24(31)21-12-20(34-26(21)29)15-33-16-23(30)18-6-4-3-5-7-18/h3-12,14,23,30H,2,13,15-16H2,1H3,(H,28,32)/t23-/m0/s1. The largest absolute Gasteiger partial charge is 0.386 e. The van der Waals surface area contributed by atoms with Gasteiger partial charge < -0.3 is 19.7 Å². The van der Waals surface area contributed by atoms with E-state index >= 15 is 0 Å². The van der Waals surface area contributed by atoms with Crippen LogP contribution in [-0.2, 0) is 24.4 Å². The number of nitrogens with one attached hydrogen (secondary N) is 1. The van der Waals surface area contributed by atoms with Gasteiger partial charge in [-0.15, -0.1) is 11.3 Å². The second-order valence-electron chi connectivity index (χ2n) is 7.84. The lowest BCUT2D eigenvalue weighted by molar-refractivity contribution is 0.0287. The van der Waals surface area contributed by atoms with Gasteiger partial charge in [0.15, 0.2) is 0 Å². The molecular weight excluding hydrogens is 472 g/mol. The zero-order valence-corrected chi connectivity index (χ0v) is 20.2. The molecule has 2 aromatic carbocycles. The fraction of sp³-hybridized carbons (Fsp3) is 0.231. The summed E-state index contributed by atoms with van der Waals surface area (Å²) in [7, 11) is 0. The van der Waals surface area contributed by atoms with Gasteiger partial charge in [0.25, 0.3) is 5.91 Å². The second kappa shape index (κ2) is 11.0. The molecule has 1 amide bonds. The topological polar surface area (TPSA) is 80.6 Å². The molecule has 8 heteroatoms. The van der Waals surface area contributed by atoms with Gasteiger partial charge in [-0.05, 0) is 36.2 Å². The summed E-state index contributed by atoms with van der Waals surface area (Å²) in [6, 6.07) is 18.3. The molecule has 0 bridgehead atoms. The van der Waals surface area contributed by atoms with Crippen molar-refractivity contribution >= 4 is 39.1 Å². The van der Waals surface area contributed by atoms with Crippen molar-refractivity contribution < 1.29 is 14.6 Å². The minimum absolute atomic E-state index is 0.105. The molecule has 4 aromatic rings. The number of benzene rings is 2. The van der Waals surface area contributed by atoms with Crippen LogP contribution in [0, 0.1) is 0 Å². The SMILES string of the molecule is CCn1cc(C(=O)NCc2ccc(Cl)cc2)c(=O)c2cc(COC[C@H](O)c3ccccc3)sc21. The number of carbonyl (C=O) groups is 1. The van der Waals surface area contributed by atoms with Crippen molar-refractivity contribution in [1.82, 2.24) is 9.88 Å². The van der Waals surface area contributed by atoms with Gasteiger partial charge >= 0.3 is 0 Å². The molecule has 6 nitrogen and oxygen atoms in total. The molecule has 2 heterocycles. The lowest BCUT2D eigenvalue weighted by atomic mass is 10.1. The number of hydrogen-bond acceptors (Lipinski definition) is 5. The number of halogens is 1. The van der Waals surface area contributed by atoms with Crippen LogP contribution in [0.1, 0.15) is 39.4 Å². The summed E-state index contributed by atoms with van der Waals surface area (Å²) in [5.74, 6) is -0.418. The van der Waals surface area contributed by atoms with Crippen molar-refractivity contribution in [3.63, 3.8) is 0 Å². The summed E-state index contributed by atoms with van der Waals surface area (Å²) in [6.07, 6.45) is 0.893. The van der Waals surface area contributed by atoms with Crippen LogP contribution < -0.4 is 10.7 Å². The van der Waals surface area contributed by atoms with Crippen LogP contribution in [0.5, 0.6) is 0 Å². The van der Waals surface area contributed by atoms with Crippen LogP contribution >= 0.6 is 22.9 Å². The minimum atomic E-state index is -0.720. The number of nitrogens with zero attached hydrogens (tertiary/aromatic N) is 1. The van der Waals surface area contributed by atoms with Gasteiger partial charge in [0.1, 0.15) is 16.5 Å². The molecule has 0 aliphatic heterocycles. The molecule has 1 atom stereocenters. The Morgan fingerprint density at radius 3 is 2.62 bits per heavy atom. The molecule has 2 aromatic heterocycles. The van der Waals surface area contributed by atoms with E-state index in [1.54, 1.807) is 24.4 Å². The number of aryl methyl sites for hydroxylation is 1. The number of hydrogen-bond donors (Lipinski definition) is 2. The van der Waals surface area contributed by atoms with Crippen molar-refractivity contribution in [1.29, 1.82) is 0 Å². The monoisotopic (exact) mass is 496 g/mol. The quantitative estimate of drug-likeness (QED) is 0.345. The first-order chi connectivity index (χ1) is 16.5. The highest BCUT2D eigenvalue weighted by Gasteiger charge is 2.18. The van der Waals surface area contributed by atoms with E-state index in [1.165, 1.54) is 11.3 Å². The number of ether oxygens (including phenoxy) is 1. The highest BCUT2D eigenvalue weighted by Crippen LogP contribution is 2.25. The summed E-state index contributed by atoms with van der Waals surface area (Å²) < 4.78 is 7.62. The number of aliphatic hydroxyl groups is 1. The molecule has 0 aliphatic carbocycles. The van der Waals surface area contributed by atoms with Crippen LogP contribution in [0.25, 0.3) is 10.2 Å². The van der Waals surface area contributed by atoms with Crippen LogP contribution in [-0.4, -0.2) is 22.2 Å². The average Bonchev–Trinajstić information content (AvgIpc) is 3.29. The maximum Gasteiger partial charge on any atom is 0.257 e. The third-order valence-electron chi connectivity index (χ3n) is 5.45. The smallest absolute Gasteiger partial charge is 0.257 e. The van der Waals surface area contributed by atoms with E-state index in [-0.39, 0.29) is 24.2 Å². The molecule has 0 spiro atoms. The van der Waals surface area contributed by atoms with Crippen molar-refractivity contribution in [3.05, 3.63) is 104 Å². The zero-order valence-electron chi connectivity index (χ0n) is 18.7. The highest BCUT2D eigenvalue weighted by atomic mass is 35.5. The number of thiophene rings is 1. The summed E-state index contributed by atoms with van der Waals surface area (Å²) in [6.45, 7) is 3.29. The van der Waals surface area contributed by atoms with Gasteiger partial charge in [-0.25, -0.2) is 0 Å². The highest BCUT2D eigenvalue weighted by molar-refractivity contribution is 7.18. The fourth-order valence-corrected chi connectivity index (χ4v) is 4.87. The van der Waals surface area contributed by atoms with E-state index < -0.39 is 12.0 Å². The zero-order chi connectivity index (χ0) is 24.1. The maximum absolute atomic E-state index is 13.1. The van der Waals surface area contributed by atoms with E-state index in [0.29, 0.717) is 23.5 Å². The van der Waals surface area contributed by atoms with E-state index in [2.05, 4.69) is 5.32 Å². The maximum atomic E-state index is 13.1. The van der Waals surface area contributed by atoms with Gasteiger partial charge in [0.2, 0.25) is 5.43 Å². The molecule has 2 N–H and O–H groups in total. The molecule has 176 valence electrons. The predicted octanol–water partition coefficient (Wildman–Crippen LogP) is 4.92. The predicted molar refractivity (Wildman–Crippen MR) is 135 cm³/mol. The van der Waals surface area contributed by atoms with E-state index in [0.717, 1.165) is 20.8 Å². The first-order valence-electron chi connectivity index (χ1n) is 11.0. The van der Waals surface area contributed by atoms with Crippen molar-refractivity contribution in [2.75, 3.05) is 6.61 Å². The lowest BCUT2D eigenvalue weighted by Crippen LogP contribution is -2.29. The van der Waals surface area contributed by atoms with Crippen LogP contribution in [0.4, 0.5) is 0 Å². The molecule has 0 unspecified atom stereocenters. The van der Waals surface area contributed by atoms with Crippen LogP contribution in [0.15, 0.2) is 71.7 Å². The van der Waals surface area contributed by atoms with Gasteiger partial charge in [-0.1, -0.05) is 54.1 Å². The Bertz CT molecular complexity index is 1330. The van der Waals surface area contributed by atoms with Crippen molar-refractivity contribution in [2.24, 2.45) is 0 Å². The fourth-order valence-electron chi connectivity index (χ4n) is 3.62. The molecular formula is C26H25ClN2O4S. The normalized spacial score (nSPS) is 12.1. The van der Waals surface area contributed by atoms with Gasteiger partial charge in [-0.3, -0.25) is 9.59 Å². The minimum Gasteiger partial charge on any atom is -0.386 e. The van der Waals surface area contributed by atoms with Crippen molar-refractivity contribution in [3.8, 4) is 0 Å². The summed E-state index contributed by atoms with van der Waals surface area (Å²) in [4.78, 5) is 27.6. The number of aliphatic hydroxyl groups excluding tert-OH is 1. The number of aromatic nitrogens is 1. The molecule has 0 saturated carbocycles. The number of fused-ring (bicyclic) bond motifs is 1. The van der Waals surface area contributed by atoms with Crippen LogP contribution in [0.2, 0.25) is 5.02 Å². The number of carbonyl (C=O) groups excluding carboxylic acids is 1. The van der Waals surface area contributed by atoms with Crippen molar-refractivity contribution in [2.45, 2.75) is 32.7 Å². The molecule has 0 saturated heterocycles. The average molecular weight is 497 g/mol. The first kappa shape index (κ1) is 24.2. The van der Waals surface area contributed by atoms with Gasteiger partial charge in [-0.2, -0.15) is 0 Å². The molecule has 0 fully saturated rings. The second-order valence-corrected chi connectivity index (χ2v) is 9.39. The van der Waals surface area contributed by atoms with E-state index in [1.807, 2.05) is 54.0 Å². The molecule has 0 radical (unpaired) electrons. The number of amides is 1. The Balaban J connectivity index is 1.48. The Morgan fingerprint density at radius 2 is 1.91 bits per heavy atom. The third-order valence-corrected chi connectivity index (χ3v) is 6.85. The third kappa shape index (κ3) is 5.56. The van der Waals surface area contributed by atoms with E-state index in [9.17, 15) is 14.7 Å². The number of rotatable bonds is 9. The first-order valence-corrected chi connectivity index (χ1v) is 12.1. The van der Waals surface area contributed by atoms with Gasteiger partial charge in [0.05, 0.1) is 18.6 Å². The Hall–Kier alpha value is -2.97. The molecule has 4 rings (SSSR count). The Kier molecular flexibility index (Phi) is 7.80.